The predicted molar refractivity (Wildman–Crippen MR) is 298 cm³/mol. The highest BCUT2D eigenvalue weighted by molar-refractivity contribution is 5.71. The molecule has 6 heteroatoms. The van der Waals surface area contributed by atoms with Crippen molar-refractivity contribution in [1.82, 2.24) is 0 Å². The fraction of sp³-hybridized carbons (Fsp3) is 0.825. The van der Waals surface area contributed by atoms with Gasteiger partial charge in [0.15, 0.2) is 6.10 Å². The lowest BCUT2D eigenvalue weighted by Gasteiger charge is -2.18. The molecule has 0 saturated carbocycles. The number of unbranched alkanes of at least 4 members (excludes halogenated alkanes) is 36. The van der Waals surface area contributed by atoms with Gasteiger partial charge < -0.3 is 14.2 Å². The van der Waals surface area contributed by atoms with Crippen LogP contribution in [0.1, 0.15) is 316 Å². The Morgan fingerprint density at radius 2 is 0.522 bits per heavy atom. The van der Waals surface area contributed by atoms with E-state index in [0.717, 1.165) is 83.5 Å². The standard InChI is InChI=1S/C63H114O6/c1-4-7-10-13-16-19-22-25-28-30-31-33-35-38-41-44-47-50-53-56-62(65)68-59-60(58-67-61(64)55-52-49-46-43-40-37-34-27-24-21-18-15-12-9-6-3)69-63(66)57-54-51-48-45-42-39-36-32-29-26-23-20-17-14-11-8-5-2/h17,20-21,24,26,29,36,39,60H,4-16,18-19,22-23,25,27-28,30-35,37-38,40-59H2,1-3H3/b20-17-,24-21-,29-26-,39-36-/t60-/m1/s1. The van der Waals surface area contributed by atoms with E-state index in [1.165, 1.54) is 193 Å². The van der Waals surface area contributed by atoms with Crippen molar-refractivity contribution in [3.05, 3.63) is 48.6 Å². The Morgan fingerprint density at radius 1 is 0.290 bits per heavy atom. The van der Waals surface area contributed by atoms with Gasteiger partial charge in [0.2, 0.25) is 0 Å². The lowest BCUT2D eigenvalue weighted by molar-refractivity contribution is -0.167. The summed E-state index contributed by atoms with van der Waals surface area (Å²) in [6.45, 7) is 6.62. The van der Waals surface area contributed by atoms with Gasteiger partial charge in [0.05, 0.1) is 0 Å². The van der Waals surface area contributed by atoms with Gasteiger partial charge >= 0.3 is 17.9 Å². The van der Waals surface area contributed by atoms with E-state index in [4.69, 9.17) is 14.2 Å². The van der Waals surface area contributed by atoms with Gasteiger partial charge in [0.25, 0.3) is 0 Å². The Balaban J connectivity index is 4.37. The summed E-state index contributed by atoms with van der Waals surface area (Å²) in [7, 11) is 0. The van der Waals surface area contributed by atoms with Gasteiger partial charge in [-0.25, -0.2) is 0 Å². The van der Waals surface area contributed by atoms with E-state index in [-0.39, 0.29) is 31.1 Å². The first-order valence-electron chi connectivity index (χ1n) is 30.1. The van der Waals surface area contributed by atoms with Gasteiger partial charge in [-0.2, -0.15) is 0 Å². The minimum absolute atomic E-state index is 0.0804. The number of esters is 3. The highest BCUT2D eigenvalue weighted by Gasteiger charge is 2.19. The van der Waals surface area contributed by atoms with Crippen molar-refractivity contribution in [3.63, 3.8) is 0 Å². The first-order chi connectivity index (χ1) is 34.0. The van der Waals surface area contributed by atoms with Crippen molar-refractivity contribution in [2.24, 2.45) is 0 Å². The quantitative estimate of drug-likeness (QED) is 0.0262. The molecule has 0 spiro atoms. The van der Waals surface area contributed by atoms with Gasteiger partial charge in [0.1, 0.15) is 13.2 Å². The van der Waals surface area contributed by atoms with E-state index in [9.17, 15) is 14.4 Å². The molecular weight excluding hydrogens is 853 g/mol. The molecule has 402 valence electrons. The third kappa shape index (κ3) is 56.2. The number of ether oxygens (including phenoxy) is 3. The maximum atomic E-state index is 12.9. The highest BCUT2D eigenvalue weighted by atomic mass is 16.6. The number of hydrogen-bond donors (Lipinski definition) is 0. The third-order valence-electron chi connectivity index (χ3n) is 13.3. The van der Waals surface area contributed by atoms with Crippen LogP contribution in [0.5, 0.6) is 0 Å². The van der Waals surface area contributed by atoms with Crippen molar-refractivity contribution in [2.45, 2.75) is 322 Å². The molecule has 6 nitrogen and oxygen atoms in total. The summed E-state index contributed by atoms with van der Waals surface area (Å²) in [4.78, 5) is 38.2. The Morgan fingerprint density at radius 3 is 0.870 bits per heavy atom. The maximum Gasteiger partial charge on any atom is 0.306 e. The van der Waals surface area contributed by atoms with Crippen LogP contribution in [0.3, 0.4) is 0 Å². The Bertz CT molecular complexity index is 1200. The molecule has 0 N–H and O–H groups in total. The van der Waals surface area contributed by atoms with Crippen molar-refractivity contribution in [1.29, 1.82) is 0 Å². The average molecular weight is 968 g/mol. The second-order valence-corrected chi connectivity index (χ2v) is 20.3. The summed E-state index contributed by atoms with van der Waals surface area (Å²) in [5.41, 5.74) is 0. The Kier molecular flexibility index (Phi) is 55.7. The molecule has 0 unspecified atom stereocenters. The van der Waals surface area contributed by atoms with Crippen LogP contribution < -0.4 is 0 Å². The second-order valence-electron chi connectivity index (χ2n) is 20.3. The van der Waals surface area contributed by atoms with Crippen molar-refractivity contribution >= 4 is 17.9 Å². The third-order valence-corrected chi connectivity index (χ3v) is 13.3. The average Bonchev–Trinajstić information content (AvgIpc) is 3.35. The minimum atomic E-state index is -0.785. The summed E-state index contributed by atoms with van der Waals surface area (Å²) in [5, 5.41) is 0. The van der Waals surface area contributed by atoms with E-state index in [2.05, 4.69) is 69.4 Å². The zero-order valence-corrected chi connectivity index (χ0v) is 46.1. The predicted octanol–water partition coefficient (Wildman–Crippen LogP) is 20.2. The van der Waals surface area contributed by atoms with Crippen LogP contribution in [0.25, 0.3) is 0 Å². The number of hydrogen-bond acceptors (Lipinski definition) is 6. The largest absolute Gasteiger partial charge is 0.462 e. The van der Waals surface area contributed by atoms with E-state index >= 15 is 0 Å². The van der Waals surface area contributed by atoms with Crippen molar-refractivity contribution in [3.8, 4) is 0 Å². The van der Waals surface area contributed by atoms with Crippen LogP contribution in [0.15, 0.2) is 48.6 Å². The first kappa shape index (κ1) is 66.4. The van der Waals surface area contributed by atoms with Crippen molar-refractivity contribution in [2.75, 3.05) is 13.2 Å². The topological polar surface area (TPSA) is 78.9 Å². The zero-order chi connectivity index (χ0) is 50.0. The molecule has 0 aliphatic rings. The fourth-order valence-corrected chi connectivity index (χ4v) is 8.74. The van der Waals surface area contributed by atoms with Crippen LogP contribution in [0.4, 0.5) is 0 Å². The molecule has 0 aromatic heterocycles. The smallest absolute Gasteiger partial charge is 0.306 e. The second kappa shape index (κ2) is 57.9. The van der Waals surface area contributed by atoms with Crippen molar-refractivity contribution < 1.29 is 28.6 Å². The lowest BCUT2D eigenvalue weighted by atomic mass is 10.0. The number of carbonyl (C=O) groups excluding carboxylic acids is 3. The number of rotatable bonds is 55. The Labute approximate surface area is 428 Å². The molecule has 1 atom stereocenters. The van der Waals surface area contributed by atoms with Crippen LogP contribution in [0, 0.1) is 0 Å². The van der Waals surface area contributed by atoms with E-state index in [1.807, 2.05) is 0 Å². The Hall–Kier alpha value is -2.63. The molecule has 0 saturated heterocycles. The molecule has 0 heterocycles. The molecule has 0 aliphatic carbocycles. The van der Waals surface area contributed by atoms with E-state index < -0.39 is 6.10 Å². The van der Waals surface area contributed by atoms with Gasteiger partial charge in [0, 0.05) is 19.3 Å². The van der Waals surface area contributed by atoms with Gasteiger partial charge in [-0.3, -0.25) is 14.4 Å². The first-order valence-corrected chi connectivity index (χ1v) is 30.1. The maximum absolute atomic E-state index is 12.9. The summed E-state index contributed by atoms with van der Waals surface area (Å²) < 4.78 is 16.9. The number of allylic oxidation sites excluding steroid dienone is 8. The molecular formula is C63H114O6. The van der Waals surface area contributed by atoms with Gasteiger partial charge in [-0.05, 0) is 83.5 Å². The van der Waals surface area contributed by atoms with Crippen LogP contribution in [-0.2, 0) is 28.6 Å². The zero-order valence-electron chi connectivity index (χ0n) is 46.1. The summed E-state index contributed by atoms with van der Waals surface area (Å²) in [6.07, 6.45) is 71.0. The summed E-state index contributed by atoms with van der Waals surface area (Å²) >= 11 is 0. The molecule has 0 fully saturated rings. The minimum Gasteiger partial charge on any atom is -0.462 e. The van der Waals surface area contributed by atoms with E-state index in [0.29, 0.717) is 19.3 Å². The van der Waals surface area contributed by atoms with Gasteiger partial charge in [-0.1, -0.05) is 262 Å². The molecule has 0 radical (unpaired) electrons. The van der Waals surface area contributed by atoms with Crippen LogP contribution >= 0.6 is 0 Å². The lowest BCUT2D eigenvalue weighted by Crippen LogP contribution is -2.30. The summed E-state index contributed by atoms with van der Waals surface area (Å²) in [5.74, 6) is -0.890. The molecule has 0 bridgehead atoms. The van der Waals surface area contributed by atoms with Crippen LogP contribution in [0.2, 0.25) is 0 Å². The molecule has 69 heavy (non-hydrogen) atoms. The normalized spacial score (nSPS) is 12.3. The molecule has 0 rings (SSSR count). The molecule has 0 aromatic rings. The highest BCUT2D eigenvalue weighted by Crippen LogP contribution is 2.17. The number of carbonyl (C=O) groups is 3. The molecule has 0 aliphatic heterocycles. The SMILES string of the molecule is CCCCC/C=C\C/C=C\C/C=C\CCCCCCC(=O)O[C@H](COC(=O)CCCCCCCCC/C=C\CCCCCC)COC(=O)CCCCCCCCCCCCCCCCCCCCC. The molecule has 0 aromatic carbocycles. The van der Waals surface area contributed by atoms with E-state index in [1.54, 1.807) is 0 Å². The fourth-order valence-electron chi connectivity index (χ4n) is 8.74. The summed E-state index contributed by atoms with van der Waals surface area (Å²) in [6, 6.07) is 0. The monoisotopic (exact) mass is 967 g/mol. The van der Waals surface area contributed by atoms with Gasteiger partial charge in [-0.15, -0.1) is 0 Å². The van der Waals surface area contributed by atoms with Crippen LogP contribution in [-0.4, -0.2) is 37.2 Å². The molecule has 0 amide bonds.